The number of carboxylic acid groups (broad SMARTS) is 1. The first kappa shape index (κ1) is 37.3. The average Bonchev–Trinajstić information content (AvgIpc) is 2.97. The van der Waals surface area contributed by atoms with Crippen LogP contribution in [0.1, 0.15) is 103 Å². The molecule has 11 atom stereocenters. The number of aliphatic carboxylic acids is 1. The summed E-state index contributed by atoms with van der Waals surface area (Å²) in [7, 11) is 0. The highest BCUT2D eigenvalue weighted by Gasteiger charge is 2.51. The highest BCUT2D eigenvalue weighted by Crippen LogP contribution is 2.33. The Hall–Kier alpha value is -0.930. The zero-order valence-electron chi connectivity index (χ0n) is 25.1. The quantitative estimate of drug-likeness (QED) is 0.0866. The fourth-order valence-corrected chi connectivity index (χ4v) is 5.92. The normalized spacial score (nSPS) is 34.4. The smallest absolute Gasteiger partial charge is 0.303 e. The Morgan fingerprint density at radius 2 is 1.10 bits per heavy atom. The van der Waals surface area contributed by atoms with E-state index in [1.54, 1.807) is 0 Å². The van der Waals surface area contributed by atoms with Crippen molar-refractivity contribution in [2.75, 3.05) is 13.2 Å². The van der Waals surface area contributed by atoms with Crippen molar-refractivity contribution in [1.29, 1.82) is 0 Å². The predicted octanol–water partition coefficient (Wildman–Crippen LogP) is 1.23. The van der Waals surface area contributed by atoms with Crippen molar-refractivity contribution < 1.29 is 59.9 Å². The van der Waals surface area contributed by atoms with Crippen LogP contribution in [0.25, 0.3) is 0 Å². The van der Waals surface area contributed by atoms with E-state index in [-0.39, 0.29) is 12.3 Å². The summed E-state index contributed by atoms with van der Waals surface area (Å²) in [6.45, 7) is 0.807. The Balaban J connectivity index is 1.71. The van der Waals surface area contributed by atoms with Crippen LogP contribution in [-0.4, -0.2) is 121 Å². The minimum Gasteiger partial charge on any atom is -0.481 e. The second-order valence-electron chi connectivity index (χ2n) is 12.1. The molecule has 42 heavy (non-hydrogen) atoms. The van der Waals surface area contributed by atoms with Crippen molar-refractivity contribution in [3.8, 4) is 0 Å². The summed E-state index contributed by atoms with van der Waals surface area (Å²) in [6.07, 6.45) is 1.98. The van der Waals surface area contributed by atoms with E-state index in [4.69, 9.17) is 19.3 Å². The zero-order chi connectivity index (χ0) is 31.1. The Morgan fingerprint density at radius 1 is 0.643 bits per heavy atom. The van der Waals surface area contributed by atoms with Gasteiger partial charge in [0, 0.05) is 6.42 Å². The number of aliphatic hydroxyl groups excluding tert-OH is 7. The molecular weight excluding hydrogens is 552 g/mol. The van der Waals surface area contributed by atoms with Crippen molar-refractivity contribution in [2.24, 2.45) is 5.92 Å². The molecule has 0 saturated carbocycles. The van der Waals surface area contributed by atoms with Gasteiger partial charge in [-0.05, 0) is 18.8 Å². The monoisotopic (exact) mass is 608 g/mol. The van der Waals surface area contributed by atoms with Gasteiger partial charge < -0.3 is 55.1 Å². The highest BCUT2D eigenvalue weighted by molar-refractivity contribution is 5.66. The number of hydrogen-bond donors (Lipinski definition) is 8. The second-order valence-corrected chi connectivity index (χ2v) is 12.1. The number of carboxylic acids is 1. The summed E-state index contributed by atoms with van der Waals surface area (Å²) in [6, 6.07) is 0. The number of rotatable bonds is 21. The molecular formula is C30H56O12. The van der Waals surface area contributed by atoms with E-state index in [2.05, 4.69) is 0 Å². The van der Waals surface area contributed by atoms with Gasteiger partial charge in [-0.15, -0.1) is 0 Å². The summed E-state index contributed by atoms with van der Waals surface area (Å²) in [4.78, 5) is 10.5. The topological polar surface area (TPSA) is 207 Å². The third kappa shape index (κ3) is 11.9. The molecule has 0 aromatic rings. The van der Waals surface area contributed by atoms with Gasteiger partial charge in [0.25, 0.3) is 0 Å². The lowest BCUT2D eigenvalue weighted by molar-refractivity contribution is -0.344. The predicted molar refractivity (Wildman–Crippen MR) is 152 cm³/mol. The van der Waals surface area contributed by atoms with Crippen molar-refractivity contribution in [3.05, 3.63) is 0 Å². The van der Waals surface area contributed by atoms with Crippen molar-refractivity contribution in [3.63, 3.8) is 0 Å². The van der Waals surface area contributed by atoms with E-state index >= 15 is 0 Å². The summed E-state index contributed by atoms with van der Waals surface area (Å²) in [5, 5.41) is 79.7. The molecule has 1 unspecified atom stereocenters. The lowest BCUT2D eigenvalue weighted by Crippen LogP contribution is -2.65. The number of hydrogen-bond acceptors (Lipinski definition) is 11. The fourth-order valence-electron chi connectivity index (χ4n) is 5.92. The molecule has 0 aromatic heterocycles. The average molecular weight is 609 g/mol. The summed E-state index contributed by atoms with van der Waals surface area (Å²) in [5.41, 5.74) is 0. The van der Waals surface area contributed by atoms with Gasteiger partial charge in [-0.25, -0.2) is 0 Å². The molecule has 0 aromatic carbocycles. The van der Waals surface area contributed by atoms with Gasteiger partial charge in [-0.2, -0.15) is 0 Å². The van der Waals surface area contributed by atoms with E-state index < -0.39 is 80.4 Å². The Morgan fingerprint density at radius 3 is 1.60 bits per heavy atom. The van der Waals surface area contributed by atoms with Gasteiger partial charge in [-0.3, -0.25) is 4.79 Å². The Kier molecular flexibility index (Phi) is 17.9. The largest absolute Gasteiger partial charge is 0.481 e. The molecule has 0 spiro atoms. The van der Waals surface area contributed by atoms with Crippen LogP contribution in [0.3, 0.4) is 0 Å². The molecule has 2 aliphatic rings. The van der Waals surface area contributed by atoms with Crippen LogP contribution < -0.4 is 0 Å². The van der Waals surface area contributed by atoms with Crippen LogP contribution >= 0.6 is 0 Å². The van der Waals surface area contributed by atoms with Gasteiger partial charge in [-0.1, -0.05) is 84.0 Å². The number of aliphatic hydroxyl groups is 7. The third-order valence-corrected chi connectivity index (χ3v) is 8.65. The van der Waals surface area contributed by atoms with Gasteiger partial charge in [0.1, 0.15) is 48.8 Å². The van der Waals surface area contributed by atoms with E-state index in [1.165, 1.54) is 38.5 Å². The first-order valence-corrected chi connectivity index (χ1v) is 15.9. The van der Waals surface area contributed by atoms with Crippen LogP contribution in [0.15, 0.2) is 0 Å². The summed E-state index contributed by atoms with van der Waals surface area (Å²) in [5.74, 6) is -0.854. The number of unbranched alkanes of at least 4 members (excludes halogenated alkanes) is 12. The van der Waals surface area contributed by atoms with Crippen LogP contribution in [0.2, 0.25) is 0 Å². The maximum Gasteiger partial charge on any atom is 0.303 e. The van der Waals surface area contributed by atoms with Crippen LogP contribution in [0.4, 0.5) is 0 Å². The third-order valence-electron chi connectivity index (χ3n) is 8.65. The van der Waals surface area contributed by atoms with E-state index in [1.807, 2.05) is 6.92 Å². The van der Waals surface area contributed by atoms with E-state index in [0.29, 0.717) is 0 Å². The number of carbonyl (C=O) groups is 1. The molecule has 0 amide bonds. The standard InChI is InChI=1S/C30H56O12/c1-19(15-13-11-9-7-5-3-2-4-6-8-10-12-14-16-22(33)34)28-29(26(38)24(36)20(17-31)40-28)42-30-27(39)25(37)23(35)21(18-32)41-30/h19-21,23-32,35-39H,2-18H2,1H3,(H,33,34)/t19?,20-,21-,23-,24-,25+,26+,27-,28+,29-,30+/m1/s1. The van der Waals surface area contributed by atoms with Gasteiger partial charge >= 0.3 is 5.97 Å². The molecule has 0 radical (unpaired) electrons. The Labute approximate surface area is 249 Å². The van der Waals surface area contributed by atoms with Gasteiger partial charge in [0.15, 0.2) is 6.29 Å². The van der Waals surface area contributed by atoms with Crippen LogP contribution in [0.5, 0.6) is 0 Å². The maximum atomic E-state index is 10.8. The van der Waals surface area contributed by atoms with Crippen molar-refractivity contribution in [1.82, 2.24) is 0 Å². The summed E-state index contributed by atoms with van der Waals surface area (Å²) >= 11 is 0. The van der Waals surface area contributed by atoms with Gasteiger partial charge in [0.2, 0.25) is 0 Å². The van der Waals surface area contributed by atoms with Crippen LogP contribution in [-0.2, 0) is 19.0 Å². The fraction of sp³-hybridized carbons (Fsp3) is 0.967. The van der Waals surface area contributed by atoms with Crippen molar-refractivity contribution in [2.45, 2.75) is 164 Å². The van der Waals surface area contributed by atoms with E-state index in [9.17, 15) is 40.5 Å². The molecule has 12 nitrogen and oxygen atoms in total. The van der Waals surface area contributed by atoms with Crippen molar-refractivity contribution >= 4 is 5.97 Å². The molecule has 0 aliphatic carbocycles. The molecule has 2 aliphatic heterocycles. The second kappa shape index (κ2) is 20.2. The zero-order valence-corrected chi connectivity index (χ0v) is 25.1. The minimum absolute atomic E-state index is 0.139. The lowest BCUT2D eigenvalue weighted by atomic mass is 9.85. The SMILES string of the molecule is CC(CCCCCCCCCCCCCCCC(=O)O)[C@@H]1O[C@H](CO)[C@@H](O)[C@H](O)[C@H]1O[C@@H]1O[C@H](CO)[C@@H](O)[C@H](O)[C@H]1O. The minimum atomic E-state index is -1.66. The highest BCUT2D eigenvalue weighted by atomic mass is 16.7. The molecule has 2 heterocycles. The Bertz CT molecular complexity index is 724. The first-order valence-electron chi connectivity index (χ1n) is 15.9. The lowest BCUT2D eigenvalue weighted by Gasteiger charge is -2.47. The molecule has 248 valence electrons. The summed E-state index contributed by atoms with van der Waals surface area (Å²) < 4.78 is 17.2. The molecule has 2 saturated heterocycles. The van der Waals surface area contributed by atoms with Crippen LogP contribution in [0, 0.1) is 5.92 Å². The maximum absolute atomic E-state index is 10.8. The van der Waals surface area contributed by atoms with E-state index in [0.717, 1.165) is 51.4 Å². The molecule has 2 rings (SSSR count). The van der Waals surface area contributed by atoms with Gasteiger partial charge in [0.05, 0.1) is 19.3 Å². The molecule has 8 N–H and O–H groups in total. The first-order chi connectivity index (χ1) is 20.1. The molecule has 2 fully saturated rings. The number of ether oxygens (including phenoxy) is 3. The molecule has 0 bridgehead atoms. The molecule has 12 heteroatoms.